The van der Waals surface area contributed by atoms with E-state index in [1.165, 1.54) is 0 Å². The Morgan fingerprint density at radius 1 is 1.15 bits per heavy atom. The third-order valence-electron chi connectivity index (χ3n) is 2.93. The number of aromatic nitrogens is 2. The third kappa shape index (κ3) is 4.03. The molecule has 0 atom stereocenters. The van der Waals surface area contributed by atoms with Gasteiger partial charge in [-0.2, -0.15) is 0 Å². The monoisotopic (exact) mass is 271 g/mol. The van der Waals surface area contributed by atoms with Crippen molar-refractivity contribution in [2.45, 2.75) is 19.8 Å². The van der Waals surface area contributed by atoms with E-state index < -0.39 is 0 Å². The van der Waals surface area contributed by atoms with Gasteiger partial charge in [0.1, 0.15) is 11.6 Å². The van der Waals surface area contributed by atoms with E-state index in [1.54, 1.807) is 7.11 Å². The standard InChI is InChI=1S/C16H21N3O/c1-3-10-17-16-12-14(13-7-5-4-6-8-13)18-15(19-16)9-11-20-2/h4-8,12H,3,9-11H2,1-2H3,(H,17,18,19). The van der Waals surface area contributed by atoms with E-state index in [0.717, 1.165) is 42.3 Å². The second kappa shape index (κ2) is 7.60. The van der Waals surface area contributed by atoms with Gasteiger partial charge in [0.2, 0.25) is 0 Å². The maximum absolute atomic E-state index is 5.11. The summed E-state index contributed by atoms with van der Waals surface area (Å²) >= 11 is 0. The van der Waals surface area contributed by atoms with Crippen molar-refractivity contribution in [3.8, 4) is 11.3 Å². The number of rotatable bonds is 7. The molecular formula is C16H21N3O. The quantitative estimate of drug-likeness (QED) is 0.840. The highest BCUT2D eigenvalue weighted by atomic mass is 16.5. The Kier molecular flexibility index (Phi) is 5.50. The topological polar surface area (TPSA) is 47.0 Å². The normalized spacial score (nSPS) is 10.5. The largest absolute Gasteiger partial charge is 0.384 e. The van der Waals surface area contributed by atoms with Gasteiger partial charge in [0.15, 0.2) is 0 Å². The van der Waals surface area contributed by atoms with Gasteiger partial charge in [-0.3, -0.25) is 0 Å². The zero-order chi connectivity index (χ0) is 14.2. The minimum atomic E-state index is 0.630. The molecule has 0 unspecified atom stereocenters. The molecule has 0 fully saturated rings. The molecular weight excluding hydrogens is 250 g/mol. The minimum absolute atomic E-state index is 0.630. The van der Waals surface area contributed by atoms with Crippen LogP contribution in [0.1, 0.15) is 19.2 Å². The molecule has 1 aromatic heterocycles. The van der Waals surface area contributed by atoms with E-state index in [2.05, 4.69) is 34.3 Å². The van der Waals surface area contributed by atoms with E-state index in [-0.39, 0.29) is 0 Å². The second-order valence-electron chi connectivity index (χ2n) is 4.59. The van der Waals surface area contributed by atoms with Crippen molar-refractivity contribution in [2.24, 2.45) is 0 Å². The van der Waals surface area contributed by atoms with Gasteiger partial charge in [-0.15, -0.1) is 0 Å². The maximum Gasteiger partial charge on any atom is 0.133 e. The molecule has 2 aromatic rings. The summed E-state index contributed by atoms with van der Waals surface area (Å²) in [4.78, 5) is 9.15. The molecule has 1 aromatic carbocycles. The van der Waals surface area contributed by atoms with Crippen LogP contribution in [-0.2, 0) is 11.2 Å². The Morgan fingerprint density at radius 3 is 2.65 bits per heavy atom. The average molecular weight is 271 g/mol. The second-order valence-corrected chi connectivity index (χ2v) is 4.59. The Balaban J connectivity index is 2.29. The molecule has 0 radical (unpaired) electrons. The molecule has 0 bridgehead atoms. The molecule has 2 rings (SSSR count). The molecule has 4 heteroatoms. The molecule has 0 amide bonds. The van der Waals surface area contributed by atoms with Crippen molar-refractivity contribution in [3.05, 3.63) is 42.2 Å². The lowest BCUT2D eigenvalue weighted by Crippen LogP contribution is -2.07. The van der Waals surface area contributed by atoms with Crippen LogP contribution in [0, 0.1) is 0 Å². The summed E-state index contributed by atoms with van der Waals surface area (Å²) in [7, 11) is 1.69. The number of benzene rings is 1. The van der Waals surface area contributed by atoms with Crippen molar-refractivity contribution in [1.82, 2.24) is 9.97 Å². The van der Waals surface area contributed by atoms with Crippen LogP contribution in [0.4, 0.5) is 5.82 Å². The van der Waals surface area contributed by atoms with Crippen molar-refractivity contribution >= 4 is 5.82 Å². The lowest BCUT2D eigenvalue weighted by atomic mass is 10.1. The molecule has 0 saturated carbocycles. The van der Waals surface area contributed by atoms with Gasteiger partial charge in [-0.05, 0) is 6.42 Å². The van der Waals surface area contributed by atoms with Crippen LogP contribution < -0.4 is 5.32 Å². The van der Waals surface area contributed by atoms with Crippen molar-refractivity contribution in [1.29, 1.82) is 0 Å². The zero-order valence-corrected chi connectivity index (χ0v) is 12.1. The van der Waals surface area contributed by atoms with E-state index in [9.17, 15) is 0 Å². The number of anilines is 1. The van der Waals surface area contributed by atoms with Gasteiger partial charge in [-0.1, -0.05) is 37.3 Å². The van der Waals surface area contributed by atoms with Gasteiger partial charge in [0, 0.05) is 31.7 Å². The van der Waals surface area contributed by atoms with E-state index in [1.807, 2.05) is 24.3 Å². The first kappa shape index (κ1) is 14.5. The van der Waals surface area contributed by atoms with Gasteiger partial charge >= 0.3 is 0 Å². The van der Waals surface area contributed by atoms with Gasteiger partial charge in [0.25, 0.3) is 0 Å². The third-order valence-corrected chi connectivity index (χ3v) is 2.93. The van der Waals surface area contributed by atoms with Crippen LogP contribution in [0.15, 0.2) is 36.4 Å². The highest BCUT2D eigenvalue weighted by molar-refractivity contribution is 5.62. The Hall–Kier alpha value is -1.94. The van der Waals surface area contributed by atoms with Crippen molar-refractivity contribution < 1.29 is 4.74 Å². The molecule has 0 saturated heterocycles. The molecule has 0 aliphatic heterocycles. The van der Waals surface area contributed by atoms with Gasteiger partial charge in [-0.25, -0.2) is 9.97 Å². The maximum atomic E-state index is 5.11. The Morgan fingerprint density at radius 2 is 1.95 bits per heavy atom. The van der Waals surface area contributed by atoms with Crippen LogP contribution in [0.2, 0.25) is 0 Å². The van der Waals surface area contributed by atoms with Crippen molar-refractivity contribution in [3.63, 3.8) is 0 Å². The summed E-state index contributed by atoms with van der Waals surface area (Å²) in [6, 6.07) is 12.2. The van der Waals surface area contributed by atoms with Crippen LogP contribution in [0.3, 0.4) is 0 Å². The Labute approximate surface area is 120 Å². The van der Waals surface area contributed by atoms with Crippen LogP contribution in [-0.4, -0.2) is 30.2 Å². The molecule has 0 aliphatic rings. The number of nitrogens with one attached hydrogen (secondary N) is 1. The molecule has 106 valence electrons. The fraction of sp³-hybridized carbons (Fsp3) is 0.375. The predicted octanol–water partition coefficient (Wildman–Crippen LogP) is 3.15. The van der Waals surface area contributed by atoms with Crippen LogP contribution >= 0.6 is 0 Å². The number of hydrogen-bond donors (Lipinski definition) is 1. The number of ether oxygens (including phenoxy) is 1. The Bertz CT molecular complexity index is 502. The average Bonchev–Trinajstić information content (AvgIpc) is 2.51. The SMILES string of the molecule is CCCNc1cc(-c2ccccc2)nc(CCOC)n1. The fourth-order valence-corrected chi connectivity index (χ4v) is 1.90. The first-order valence-electron chi connectivity index (χ1n) is 6.99. The highest BCUT2D eigenvalue weighted by Crippen LogP contribution is 2.19. The summed E-state index contributed by atoms with van der Waals surface area (Å²) in [5.41, 5.74) is 2.05. The first-order chi connectivity index (χ1) is 9.83. The molecule has 20 heavy (non-hydrogen) atoms. The summed E-state index contributed by atoms with van der Waals surface area (Å²) in [5, 5.41) is 3.33. The number of nitrogens with zero attached hydrogens (tertiary/aromatic N) is 2. The number of methoxy groups -OCH3 is 1. The summed E-state index contributed by atoms with van der Waals surface area (Å²) in [6.45, 7) is 3.68. The summed E-state index contributed by atoms with van der Waals surface area (Å²) < 4.78 is 5.11. The van der Waals surface area contributed by atoms with E-state index in [0.29, 0.717) is 6.61 Å². The van der Waals surface area contributed by atoms with Gasteiger partial charge in [0.05, 0.1) is 12.3 Å². The molecule has 1 heterocycles. The molecule has 1 N–H and O–H groups in total. The molecule has 0 spiro atoms. The fourth-order valence-electron chi connectivity index (χ4n) is 1.90. The van der Waals surface area contributed by atoms with E-state index >= 15 is 0 Å². The first-order valence-corrected chi connectivity index (χ1v) is 6.99. The summed E-state index contributed by atoms with van der Waals surface area (Å²) in [6.07, 6.45) is 1.79. The lowest BCUT2D eigenvalue weighted by Gasteiger charge is -2.09. The van der Waals surface area contributed by atoms with Crippen molar-refractivity contribution in [2.75, 3.05) is 25.6 Å². The van der Waals surface area contributed by atoms with Crippen LogP contribution in [0.25, 0.3) is 11.3 Å². The zero-order valence-electron chi connectivity index (χ0n) is 12.1. The summed E-state index contributed by atoms with van der Waals surface area (Å²) in [5.74, 6) is 1.69. The van der Waals surface area contributed by atoms with Gasteiger partial charge < -0.3 is 10.1 Å². The molecule has 4 nitrogen and oxygen atoms in total. The number of hydrogen-bond acceptors (Lipinski definition) is 4. The highest BCUT2D eigenvalue weighted by Gasteiger charge is 2.06. The lowest BCUT2D eigenvalue weighted by molar-refractivity contribution is 0.200. The minimum Gasteiger partial charge on any atom is -0.384 e. The van der Waals surface area contributed by atoms with E-state index in [4.69, 9.17) is 4.74 Å². The molecule has 0 aliphatic carbocycles. The van der Waals surface area contributed by atoms with Crippen LogP contribution in [0.5, 0.6) is 0 Å². The predicted molar refractivity (Wildman–Crippen MR) is 81.8 cm³/mol. The smallest absolute Gasteiger partial charge is 0.133 e.